The van der Waals surface area contributed by atoms with Crippen molar-refractivity contribution >= 4 is 5.91 Å². The van der Waals surface area contributed by atoms with Gasteiger partial charge >= 0.3 is 0 Å². The van der Waals surface area contributed by atoms with Crippen molar-refractivity contribution in [2.24, 2.45) is 0 Å². The van der Waals surface area contributed by atoms with Crippen molar-refractivity contribution in [3.63, 3.8) is 0 Å². The van der Waals surface area contributed by atoms with Gasteiger partial charge in [-0.05, 0) is 38.8 Å². The van der Waals surface area contributed by atoms with Gasteiger partial charge in [0.15, 0.2) is 11.5 Å². The van der Waals surface area contributed by atoms with Crippen LogP contribution in [0.1, 0.15) is 39.8 Å². The van der Waals surface area contributed by atoms with Gasteiger partial charge in [0.2, 0.25) is 0 Å². The molecule has 3 aromatic rings. The van der Waals surface area contributed by atoms with Crippen molar-refractivity contribution in [2.45, 2.75) is 33.2 Å². The van der Waals surface area contributed by atoms with Gasteiger partial charge < -0.3 is 9.42 Å². The van der Waals surface area contributed by atoms with Crippen molar-refractivity contribution in [1.29, 1.82) is 0 Å². The normalized spacial score (nSPS) is 17.0. The molecule has 3 heterocycles. The summed E-state index contributed by atoms with van der Waals surface area (Å²) in [5.41, 5.74) is 3.47. The van der Waals surface area contributed by atoms with E-state index in [-0.39, 0.29) is 11.9 Å². The Morgan fingerprint density at radius 1 is 1.27 bits per heavy atom. The molecule has 0 spiro atoms. The maximum atomic E-state index is 12.8. The first-order valence-electron chi connectivity index (χ1n) is 8.60. The molecule has 0 radical (unpaired) electrons. The number of hydrogen-bond acceptors (Lipinski definition) is 6. The Balaban J connectivity index is 1.48. The summed E-state index contributed by atoms with van der Waals surface area (Å²) >= 11 is 0. The SMILES string of the molecule is Cc1ccc(C(=O)N2CC[C@H](n3cc(-c4nc(C)no4)nn3)C2)c(C)c1. The fraction of sp³-hybridized carbons (Fsp3) is 0.389. The summed E-state index contributed by atoms with van der Waals surface area (Å²) in [5, 5.41) is 12.1. The zero-order chi connectivity index (χ0) is 18.3. The van der Waals surface area contributed by atoms with Crippen molar-refractivity contribution in [1.82, 2.24) is 30.0 Å². The Morgan fingerprint density at radius 2 is 2.12 bits per heavy atom. The van der Waals surface area contributed by atoms with Gasteiger partial charge in [-0.15, -0.1) is 5.10 Å². The first kappa shape index (κ1) is 16.4. The zero-order valence-electron chi connectivity index (χ0n) is 15.0. The first-order chi connectivity index (χ1) is 12.5. The number of amides is 1. The summed E-state index contributed by atoms with van der Waals surface area (Å²) in [7, 11) is 0. The predicted octanol–water partition coefficient (Wildman–Crippen LogP) is 2.34. The summed E-state index contributed by atoms with van der Waals surface area (Å²) in [6.07, 6.45) is 2.63. The van der Waals surface area contributed by atoms with E-state index in [1.807, 2.05) is 36.9 Å². The topological polar surface area (TPSA) is 89.9 Å². The largest absolute Gasteiger partial charge is 0.336 e. The molecule has 1 aromatic carbocycles. The molecular weight excluding hydrogens is 332 g/mol. The molecule has 1 fully saturated rings. The Bertz CT molecular complexity index is 960. The quantitative estimate of drug-likeness (QED) is 0.719. The number of likely N-dealkylation sites (tertiary alicyclic amines) is 1. The molecule has 1 amide bonds. The van der Waals surface area contributed by atoms with Gasteiger partial charge in [0.25, 0.3) is 11.8 Å². The van der Waals surface area contributed by atoms with Crippen molar-refractivity contribution < 1.29 is 9.32 Å². The van der Waals surface area contributed by atoms with Crippen LogP contribution in [0.4, 0.5) is 0 Å². The van der Waals surface area contributed by atoms with E-state index >= 15 is 0 Å². The van der Waals surface area contributed by atoms with Crippen LogP contribution in [0.5, 0.6) is 0 Å². The maximum absolute atomic E-state index is 12.8. The highest BCUT2D eigenvalue weighted by atomic mass is 16.5. The number of rotatable bonds is 3. The number of aromatic nitrogens is 5. The molecule has 0 saturated carbocycles. The second-order valence-electron chi connectivity index (χ2n) is 6.74. The monoisotopic (exact) mass is 352 g/mol. The van der Waals surface area contributed by atoms with Crippen LogP contribution in [0.3, 0.4) is 0 Å². The van der Waals surface area contributed by atoms with Crippen LogP contribution in [0.15, 0.2) is 28.9 Å². The Labute approximate surface area is 150 Å². The van der Waals surface area contributed by atoms with E-state index in [2.05, 4.69) is 20.5 Å². The fourth-order valence-corrected chi connectivity index (χ4v) is 3.32. The molecule has 4 rings (SSSR count). The van der Waals surface area contributed by atoms with Gasteiger partial charge in [-0.25, -0.2) is 4.68 Å². The molecule has 134 valence electrons. The lowest BCUT2D eigenvalue weighted by Crippen LogP contribution is -2.29. The molecule has 1 aliphatic rings. The van der Waals surface area contributed by atoms with E-state index in [0.29, 0.717) is 30.5 Å². The smallest absolute Gasteiger partial charge is 0.280 e. The van der Waals surface area contributed by atoms with Crippen LogP contribution in [0, 0.1) is 20.8 Å². The van der Waals surface area contributed by atoms with Crippen LogP contribution >= 0.6 is 0 Å². The summed E-state index contributed by atoms with van der Waals surface area (Å²) in [6.45, 7) is 7.07. The average molecular weight is 352 g/mol. The Kier molecular flexibility index (Phi) is 4.02. The third-order valence-electron chi connectivity index (χ3n) is 4.69. The van der Waals surface area contributed by atoms with E-state index in [9.17, 15) is 4.79 Å². The summed E-state index contributed by atoms with van der Waals surface area (Å²) in [4.78, 5) is 18.9. The second kappa shape index (κ2) is 6.36. The molecule has 0 aliphatic carbocycles. The minimum atomic E-state index is 0.0675. The highest BCUT2D eigenvalue weighted by Crippen LogP contribution is 2.25. The molecule has 1 atom stereocenters. The zero-order valence-corrected chi connectivity index (χ0v) is 15.0. The second-order valence-corrected chi connectivity index (χ2v) is 6.74. The minimum Gasteiger partial charge on any atom is -0.336 e. The number of benzene rings is 1. The third-order valence-corrected chi connectivity index (χ3v) is 4.69. The van der Waals surface area contributed by atoms with Crippen LogP contribution in [0.25, 0.3) is 11.6 Å². The van der Waals surface area contributed by atoms with Gasteiger partial charge in [0.05, 0.1) is 12.2 Å². The number of carbonyl (C=O) groups is 1. The lowest BCUT2D eigenvalue weighted by molar-refractivity contribution is 0.0786. The molecule has 26 heavy (non-hydrogen) atoms. The molecule has 1 aliphatic heterocycles. The molecular formula is C18H20N6O2. The van der Waals surface area contributed by atoms with E-state index in [4.69, 9.17) is 4.52 Å². The van der Waals surface area contributed by atoms with E-state index in [0.717, 1.165) is 23.1 Å². The minimum absolute atomic E-state index is 0.0675. The van der Waals surface area contributed by atoms with E-state index in [1.54, 1.807) is 17.8 Å². The van der Waals surface area contributed by atoms with Crippen LogP contribution in [-0.2, 0) is 0 Å². The third kappa shape index (κ3) is 2.98. The van der Waals surface area contributed by atoms with E-state index < -0.39 is 0 Å². The summed E-state index contributed by atoms with van der Waals surface area (Å²) < 4.78 is 6.91. The standard InChI is InChI=1S/C18H20N6O2/c1-11-4-5-15(12(2)8-11)18(25)23-7-6-14(9-23)24-10-16(20-22-24)17-19-13(3)21-26-17/h4-5,8,10,14H,6-7,9H2,1-3H3/t14-/m0/s1. The first-order valence-corrected chi connectivity index (χ1v) is 8.60. The summed E-state index contributed by atoms with van der Waals surface area (Å²) in [5.74, 6) is 0.980. The van der Waals surface area contributed by atoms with Crippen LogP contribution in [-0.4, -0.2) is 49.0 Å². The lowest BCUT2D eigenvalue weighted by atomic mass is 10.0. The number of hydrogen-bond donors (Lipinski definition) is 0. The van der Waals surface area contributed by atoms with Gasteiger partial charge in [-0.3, -0.25) is 4.79 Å². The number of carbonyl (C=O) groups excluding carboxylic acids is 1. The van der Waals surface area contributed by atoms with Crippen LogP contribution < -0.4 is 0 Å². The van der Waals surface area contributed by atoms with Gasteiger partial charge in [-0.2, -0.15) is 4.98 Å². The van der Waals surface area contributed by atoms with Crippen LogP contribution in [0.2, 0.25) is 0 Å². The van der Waals surface area contributed by atoms with Gasteiger partial charge in [-0.1, -0.05) is 28.1 Å². The molecule has 0 N–H and O–H groups in total. The number of nitrogens with zero attached hydrogens (tertiary/aromatic N) is 6. The van der Waals surface area contributed by atoms with Crippen molar-refractivity contribution in [2.75, 3.05) is 13.1 Å². The molecule has 0 bridgehead atoms. The van der Waals surface area contributed by atoms with Gasteiger partial charge in [0, 0.05) is 18.7 Å². The lowest BCUT2D eigenvalue weighted by Gasteiger charge is -2.18. The molecule has 0 unspecified atom stereocenters. The summed E-state index contributed by atoms with van der Waals surface area (Å²) in [6, 6.07) is 6.02. The molecule has 2 aromatic heterocycles. The maximum Gasteiger partial charge on any atom is 0.280 e. The average Bonchev–Trinajstić information content (AvgIpc) is 3.34. The highest BCUT2D eigenvalue weighted by Gasteiger charge is 2.29. The van der Waals surface area contributed by atoms with E-state index in [1.165, 1.54) is 0 Å². The number of aryl methyl sites for hydroxylation is 3. The predicted molar refractivity (Wildman–Crippen MR) is 93.5 cm³/mol. The van der Waals surface area contributed by atoms with Gasteiger partial charge in [0.1, 0.15) is 0 Å². The van der Waals surface area contributed by atoms with Crippen molar-refractivity contribution in [3.8, 4) is 11.6 Å². The molecule has 8 nitrogen and oxygen atoms in total. The molecule has 8 heteroatoms. The van der Waals surface area contributed by atoms with Crippen molar-refractivity contribution in [3.05, 3.63) is 46.9 Å². The Morgan fingerprint density at radius 3 is 2.85 bits per heavy atom. The molecule has 1 saturated heterocycles. The fourth-order valence-electron chi connectivity index (χ4n) is 3.32. The highest BCUT2D eigenvalue weighted by molar-refractivity contribution is 5.95. The Hall–Kier alpha value is -3.03.